The maximum absolute atomic E-state index is 11.1. The lowest BCUT2D eigenvalue weighted by atomic mass is 10.0. The summed E-state index contributed by atoms with van der Waals surface area (Å²) in [4.78, 5) is 0. The lowest BCUT2D eigenvalue weighted by Crippen LogP contribution is -2.35. The molecule has 0 saturated carbocycles. The Bertz CT molecular complexity index is 114. The lowest BCUT2D eigenvalue weighted by Gasteiger charge is -2.27. The zero-order chi connectivity index (χ0) is 7.40. The molecular weight excluding hydrogens is 126 g/mol. The van der Waals surface area contributed by atoms with E-state index in [1.54, 1.807) is 0 Å². The smallest absolute Gasteiger partial charge is 0.0417 e. The van der Waals surface area contributed by atoms with Crippen LogP contribution in [0.1, 0.15) is 25.7 Å². The highest BCUT2D eigenvalue weighted by molar-refractivity contribution is 4.79. The largest absolute Gasteiger partial charge is 0.152 e. The fourth-order valence-corrected chi connectivity index (χ4v) is 1.40. The second-order valence-corrected chi connectivity index (χ2v) is 2.81. The minimum Gasteiger partial charge on any atom is -0.152 e. The molecule has 1 rings (SSSR count). The molecule has 0 aliphatic carbocycles. The van der Waals surface area contributed by atoms with Gasteiger partial charge < -0.3 is 0 Å². The van der Waals surface area contributed by atoms with Crippen LogP contribution in [0.15, 0.2) is 12.7 Å². The van der Waals surface area contributed by atoms with E-state index in [1.165, 1.54) is 11.5 Å². The highest BCUT2D eigenvalue weighted by Gasteiger charge is 2.19. The van der Waals surface area contributed by atoms with Crippen molar-refractivity contribution in [2.45, 2.75) is 31.7 Å². The number of piperidine rings is 1. The Kier molecular flexibility index (Phi) is 2.90. The van der Waals surface area contributed by atoms with E-state index in [1.807, 2.05) is 6.08 Å². The van der Waals surface area contributed by atoms with Gasteiger partial charge in [-0.1, -0.05) is 12.5 Å². The van der Waals surface area contributed by atoms with Gasteiger partial charge in [0.2, 0.25) is 0 Å². The Morgan fingerprint density at radius 2 is 2.40 bits per heavy atom. The van der Waals surface area contributed by atoms with Crippen molar-refractivity contribution in [1.82, 2.24) is 5.06 Å². The predicted octanol–water partition coefficient (Wildman–Crippen LogP) is 1.76. The SMILES string of the molecule is C=CCC1CCCCN1[O]. The molecule has 1 atom stereocenters. The van der Waals surface area contributed by atoms with Gasteiger partial charge in [0.1, 0.15) is 0 Å². The molecule has 0 aromatic rings. The number of hydrogen-bond donors (Lipinski definition) is 0. The van der Waals surface area contributed by atoms with Gasteiger partial charge in [-0.2, -0.15) is 5.06 Å². The number of hydroxylamine groups is 2. The molecule has 57 valence electrons. The van der Waals surface area contributed by atoms with Gasteiger partial charge in [0.05, 0.1) is 0 Å². The van der Waals surface area contributed by atoms with Crippen LogP contribution in [-0.4, -0.2) is 17.6 Å². The van der Waals surface area contributed by atoms with E-state index in [4.69, 9.17) is 0 Å². The number of nitrogens with zero attached hydrogens (tertiary/aromatic N) is 1. The lowest BCUT2D eigenvalue weighted by molar-refractivity contribution is -0.198. The summed E-state index contributed by atoms with van der Waals surface area (Å²) in [6.07, 6.45) is 6.01. The van der Waals surface area contributed by atoms with E-state index in [0.29, 0.717) is 0 Å². The molecule has 2 nitrogen and oxygen atoms in total. The summed E-state index contributed by atoms with van der Waals surface area (Å²) in [5.74, 6) is 0. The summed E-state index contributed by atoms with van der Waals surface area (Å²) in [7, 11) is 0. The van der Waals surface area contributed by atoms with Crippen molar-refractivity contribution in [1.29, 1.82) is 0 Å². The molecule has 0 amide bonds. The maximum Gasteiger partial charge on any atom is 0.0417 e. The molecule has 0 spiro atoms. The van der Waals surface area contributed by atoms with Gasteiger partial charge in [-0.05, 0) is 19.3 Å². The molecule has 1 heterocycles. The van der Waals surface area contributed by atoms with Crippen molar-refractivity contribution in [2.75, 3.05) is 6.54 Å². The first-order valence-corrected chi connectivity index (χ1v) is 3.89. The van der Waals surface area contributed by atoms with Crippen LogP contribution in [0.5, 0.6) is 0 Å². The zero-order valence-electron chi connectivity index (χ0n) is 6.25. The van der Waals surface area contributed by atoms with Crippen LogP contribution in [0.3, 0.4) is 0 Å². The Morgan fingerprint density at radius 3 is 3.00 bits per heavy atom. The average molecular weight is 140 g/mol. The minimum absolute atomic E-state index is 0.228. The molecule has 1 aliphatic rings. The van der Waals surface area contributed by atoms with E-state index in [0.717, 1.165) is 25.8 Å². The molecular formula is C8H14NO. The topological polar surface area (TPSA) is 23.1 Å². The molecule has 1 saturated heterocycles. The van der Waals surface area contributed by atoms with Gasteiger partial charge in [-0.25, -0.2) is 0 Å². The number of hydrogen-bond acceptors (Lipinski definition) is 1. The van der Waals surface area contributed by atoms with Crippen molar-refractivity contribution in [3.8, 4) is 0 Å². The zero-order valence-corrected chi connectivity index (χ0v) is 6.25. The van der Waals surface area contributed by atoms with Gasteiger partial charge in [0.15, 0.2) is 0 Å². The van der Waals surface area contributed by atoms with E-state index < -0.39 is 0 Å². The molecule has 0 N–H and O–H groups in total. The summed E-state index contributed by atoms with van der Waals surface area (Å²) in [6.45, 7) is 4.34. The van der Waals surface area contributed by atoms with Crippen LogP contribution in [0.25, 0.3) is 0 Å². The Labute approximate surface area is 62.1 Å². The van der Waals surface area contributed by atoms with E-state index >= 15 is 0 Å². The van der Waals surface area contributed by atoms with Crippen LogP contribution < -0.4 is 0 Å². The van der Waals surface area contributed by atoms with Gasteiger partial charge in [-0.3, -0.25) is 0 Å². The van der Waals surface area contributed by atoms with Crippen molar-refractivity contribution in [2.24, 2.45) is 0 Å². The fourth-order valence-electron chi connectivity index (χ4n) is 1.40. The summed E-state index contributed by atoms with van der Waals surface area (Å²) in [5, 5.41) is 12.3. The molecule has 0 bridgehead atoms. The Balaban J connectivity index is 2.32. The third-order valence-electron chi connectivity index (χ3n) is 2.01. The Hall–Kier alpha value is -0.340. The molecule has 1 radical (unpaired) electrons. The summed E-state index contributed by atoms with van der Waals surface area (Å²) < 4.78 is 0. The normalized spacial score (nSPS) is 28.3. The molecule has 10 heavy (non-hydrogen) atoms. The first-order valence-electron chi connectivity index (χ1n) is 3.89. The third-order valence-corrected chi connectivity index (χ3v) is 2.01. The van der Waals surface area contributed by atoms with E-state index in [-0.39, 0.29) is 6.04 Å². The van der Waals surface area contributed by atoms with Crippen LogP contribution >= 0.6 is 0 Å². The predicted molar refractivity (Wildman–Crippen MR) is 39.8 cm³/mol. The molecule has 1 unspecified atom stereocenters. The maximum atomic E-state index is 11.1. The van der Waals surface area contributed by atoms with Crippen LogP contribution in [0, 0.1) is 0 Å². The van der Waals surface area contributed by atoms with Crippen molar-refractivity contribution in [3.63, 3.8) is 0 Å². The molecule has 0 aromatic carbocycles. The van der Waals surface area contributed by atoms with Gasteiger partial charge in [-0.15, -0.1) is 11.8 Å². The van der Waals surface area contributed by atoms with Gasteiger partial charge in [0.25, 0.3) is 0 Å². The van der Waals surface area contributed by atoms with E-state index in [9.17, 15) is 5.21 Å². The van der Waals surface area contributed by atoms with Crippen LogP contribution in [0.2, 0.25) is 0 Å². The standard InChI is InChI=1S/C8H14NO/c1-2-5-8-6-3-4-7-9(8)10/h2,8H,1,3-7H2. The molecule has 1 aliphatic heterocycles. The van der Waals surface area contributed by atoms with Crippen LogP contribution in [-0.2, 0) is 5.21 Å². The summed E-state index contributed by atoms with van der Waals surface area (Å²) in [5.41, 5.74) is 0. The summed E-state index contributed by atoms with van der Waals surface area (Å²) in [6, 6.07) is 0.228. The Morgan fingerprint density at radius 1 is 1.60 bits per heavy atom. The first-order chi connectivity index (χ1) is 4.84. The average Bonchev–Trinajstić information content (AvgIpc) is 1.94. The van der Waals surface area contributed by atoms with E-state index in [2.05, 4.69) is 6.58 Å². The number of rotatable bonds is 2. The first kappa shape index (κ1) is 7.76. The molecule has 1 fully saturated rings. The monoisotopic (exact) mass is 140 g/mol. The quantitative estimate of drug-likeness (QED) is 0.536. The van der Waals surface area contributed by atoms with Crippen LogP contribution in [0.4, 0.5) is 0 Å². The second kappa shape index (κ2) is 3.74. The van der Waals surface area contributed by atoms with Gasteiger partial charge in [0, 0.05) is 12.6 Å². The molecule has 0 aromatic heterocycles. The second-order valence-electron chi connectivity index (χ2n) is 2.81. The summed E-state index contributed by atoms with van der Waals surface area (Å²) >= 11 is 0. The van der Waals surface area contributed by atoms with Gasteiger partial charge >= 0.3 is 0 Å². The van der Waals surface area contributed by atoms with Crippen molar-refractivity contribution < 1.29 is 5.21 Å². The highest BCUT2D eigenvalue weighted by Crippen LogP contribution is 2.17. The minimum atomic E-state index is 0.228. The van der Waals surface area contributed by atoms with Crippen molar-refractivity contribution >= 4 is 0 Å². The third kappa shape index (κ3) is 1.82. The van der Waals surface area contributed by atoms with Crippen molar-refractivity contribution in [3.05, 3.63) is 12.7 Å². The molecule has 2 heteroatoms. The highest BCUT2D eigenvalue weighted by atomic mass is 16.5. The fraction of sp³-hybridized carbons (Fsp3) is 0.750.